The molecular weight excluding hydrogens is 340 g/mol. The normalized spacial score (nSPS) is 11.2. The summed E-state index contributed by atoms with van der Waals surface area (Å²) in [6.07, 6.45) is 3.45. The van der Waals surface area contributed by atoms with E-state index in [4.69, 9.17) is 0 Å². The number of rotatable bonds is 4. The van der Waals surface area contributed by atoms with Crippen LogP contribution in [0.15, 0.2) is 54.3 Å². The Kier molecular flexibility index (Phi) is 4.39. The number of pyridine rings is 1. The van der Waals surface area contributed by atoms with E-state index in [2.05, 4.69) is 63.8 Å². The number of hydrogen-bond donors (Lipinski definition) is 1. The van der Waals surface area contributed by atoms with E-state index < -0.39 is 0 Å². The van der Waals surface area contributed by atoms with Crippen molar-refractivity contribution in [2.24, 2.45) is 0 Å². The van der Waals surface area contributed by atoms with Crippen LogP contribution in [0.25, 0.3) is 21.3 Å². The summed E-state index contributed by atoms with van der Waals surface area (Å²) < 4.78 is 0. The second kappa shape index (κ2) is 6.84. The van der Waals surface area contributed by atoms with E-state index in [1.165, 1.54) is 11.1 Å². The van der Waals surface area contributed by atoms with Crippen molar-refractivity contribution in [3.8, 4) is 11.1 Å². The SMILES string of the molecule is Cc1ccc(Nc2ncnc3scc(-c4ccc(C(C)C)cc4)c23)nc1. The number of aryl methyl sites for hydroxylation is 1. The fraction of sp³-hybridized carbons (Fsp3) is 0.190. The highest BCUT2D eigenvalue weighted by molar-refractivity contribution is 7.17. The van der Waals surface area contributed by atoms with E-state index in [-0.39, 0.29) is 0 Å². The molecule has 0 aliphatic rings. The number of benzene rings is 1. The third-order valence-corrected chi connectivity index (χ3v) is 5.30. The zero-order chi connectivity index (χ0) is 18.1. The first-order valence-corrected chi connectivity index (χ1v) is 9.52. The highest BCUT2D eigenvalue weighted by Crippen LogP contribution is 2.37. The molecule has 1 aromatic carbocycles. The standard InChI is InChI=1S/C21H20N4S/c1-13(2)15-5-7-16(8-6-15)17-11-26-21-19(17)20(23-12-24-21)25-18-9-4-14(3)10-22-18/h4-13H,1-3H3,(H,22,23,24,25). The molecule has 130 valence electrons. The predicted octanol–water partition coefficient (Wildman–Crippen LogP) is 5.93. The molecule has 3 aromatic heterocycles. The quantitative estimate of drug-likeness (QED) is 0.490. The van der Waals surface area contributed by atoms with Crippen LogP contribution in [0.5, 0.6) is 0 Å². The molecule has 4 rings (SSSR count). The molecule has 0 saturated heterocycles. The molecule has 0 amide bonds. The molecular formula is C21H20N4S. The van der Waals surface area contributed by atoms with Gasteiger partial charge in [-0.15, -0.1) is 11.3 Å². The molecule has 0 fully saturated rings. The molecule has 0 radical (unpaired) electrons. The monoisotopic (exact) mass is 360 g/mol. The Balaban J connectivity index is 1.77. The zero-order valence-electron chi connectivity index (χ0n) is 15.0. The van der Waals surface area contributed by atoms with Crippen LogP contribution in [0.4, 0.5) is 11.6 Å². The van der Waals surface area contributed by atoms with Gasteiger partial charge in [0.05, 0.1) is 5.39 Å². The van der Waals surface area contributed by atoms with Crippen molar-refractivity contribution in [3.63, 3.8) is 0 Å². The average Bonchev–Trinajstić information content (AvgIpc) is 3.09. The fourth-order valence-electron chi connectivity index (χ4n) is 2.89. The van der Waals surface area contributed by atoms with Crippen molar-refractivity contribution in [1.82, 2.24) is 15.0 Å². The van der Waals surface area contributed by atoms with Gasteiger partial charge < -0.3 is 5.32 Å². The van der Waals surface area contributed by atoms with Crippen molar-refractivity contribution in [1.29, 1.82) is 0 Å². The van der Waals surface area contributed by atoms with Gasteiger partial charge in [-0.3, -0.25) is 0 Å². The lowest BCUT2D eigenvalue weighted by Crippen LogP contribution is -1.97. The number of nitrogens with one attached hydrogen (secondary N) is 1. The van der Waals surface area contributed by atoms with Gasteiger partial charge >= 0.3 is 0 Å². The first kappa shape index (κ1) is 16.7. The molecule has 4 aromatic rings. The summed E-state index contributed by atoms with van der Waals surface area (Å²) in [5, 5.41) is 6.53. The second-order valence-corrected chi connectivity index (χ2v) is 7.53. The zero-order valence-corrected chi connectivity index (χ0v) is 15.8. The third kappa shape index (κ3) is 3.18. The van der Waals surface area contributed by atoms with Crippen molar-refractivity contribution in [3.05, 3.63) is 65.4 Å². The Morgan fingerprint density at radius 1 is 0.962 bits per heavy atom. The van der Waals surface area contributed by atoms with Gasteiger partial charge in [0.2, 0.25) is 0 Å². The number of anilines is 2. The van der Waals surface area contributed by atoms with Crippen LogP contribution in [0, 0.1) is 6.92 Å². The van der Waals surface area contributed by atoms with Gasteiger partial charge in [-0.05, 0) is 35.6 Å². The third-order valence-electron chi connectivity index (χ3n) is 4.42. The average molecular weight is 360 g/mol. The summed E-state index contributed by atoms with van der Waals surface area (Å²) in [5.41, 5.74) is 4.79. The van der Waals surface area contributed by atoms with Crippen LogP contribution in [0.2, 0.25) is 0 Å². The minimum atomic E-state index is 0.524. The summed E-state index contributed by atoms with van der Waals surface area (Å²) in [6.45, 7) is 6.44. The molecule has 5 heteroatoms. The van der Waals surface area contributed by atoms with E-state index in [1.54, 1.807) is 17.7 Å². The van der Waals surface area contributed by atoms with Crippen molar-refractivity contribution in [2.45, 2.75) is 26.7 Å². The highest BCUT2D eigenvalue weighted by atomic mass is 32.1. The van der Waals surface area contributed by atoms with Crippen molar-refractivity contribution >= 4 is 33.2 Å². The minimum Gasteiger partial charge on any atom is -0.324 e. The number of thiophene rings is 1. The molecule has 0 bridgehead atoms. The van der Waals surface area contributed by atoms with Gasteiger partial charge in [-0.2, -0.15) is 0 Å². The van der Waals surface area contributed by atoms with E-state index >= 15 is 0 Å². The lowest BCUT2D eigenvalue weighted by atomic mass is 9.99. The summed E-state index contributed by atoms with van der Waals surface area (Å²) >= 11 is 1.63. The van der Waals surface area contributed by atoms with Crippen LogP contribution in [-0.4, -0.2) is 15.0 Å². The van der Waals surface area contributed by atoms with E-state index in [1.807, 2.05) is 25.3 Å². The number of nitrogens with zero attached hydrogens (tertiary/aromatic N) is 3. The highest BCUT2D eigenvalue weighted by Gasteiger charge is 2.14. The Morgan fingerprint density at radius 2 is 1.77 bits per heavy atom. The lowest BCUT2D eigenvalue weighted by molar-refractivity contribution is 0.867. The van der Waals surface area contributed by atoms with Crippen LogP contribution in [0.3, 0.4) is 0 Å². The number of hydrogen-bond acceptors (Lipinski definition) is 5. The predicted molar refractivity (Wildman–Crippen MR) is 109 cm³/mol. The minimum absolute atomic E-state index is 0.524. The molecule has 4 nitrogen and oxygen atoms in total. The van der Waals surface area contributed by atoms with Gasteiger partial charge in [0.25, 0.3) is 0 Å². The fourth-order valence-corrected chi connectivity index (χ4v) is 3.81. The second-order valence-electron chi connectivity index (χ2n) is 6.67. The number of fused-ring (bicyclic) bond motifs is 1. The molecule has 0 saturated carbocycles. The maximum atomic E-state index is 4.47. The molecule has 3 heterocycles. The molecule has 26 heavy (non-hydrogen) atoms. The Hall–Kier alpha value is -2.79. The first-order chi connectivity index (χ1) is 12.6. The topological polar surface area (TPSA) is 50.7 Å². The summed E-state index contributed by atoms with van der Waals surface area (Å²) in [4.78, 5) is 14.3. The maximum Gasteiger partial charge on any atom is 0.144 e. The molecule has 0 aliphatic carbocycles. The van der Waals surface area contributed by atoms with Crippen LogP contribution >= 0.6 is 11.3 Å². The Labute approximate surface area is 157 Å². The summed E-state index contributed by atoms with van der Waals surface area (Å²) in [5.74, 6) is 2.09. The molecule has 0 atom stereocenters. The van der Waals surface area contributed by atoms with Gasteiger partial charge in [0.1, 0.15) is 22.8 Å². The van der Waals surface area contributed by atoms with E-state index in [0.29, 0.717) is 5.92 Å². The summed E-state index contributed by atoms with van der Waals surface area (Å²) in [6, 6.07) is 12.7. The van der Waals surface area contributed by atoms with Crippen LogP contribution in [0.1, 0.15) is 30.9 Å². The van der Waals surface area contributed by atoms with Crippen molar-refractivity contribution < 1.29 is 0 Å². The van der Waals surface area contributed by atoms with Gasteiger partial charge in [0.15, 0.2) is 0 Å². The van der Waals surface area contributed by atoms with Crippen LogP contribution in [-0.2, 0) is 0 Å². The maximum absolute atomic E-state index is 4.47. The lowest BCUT2D eigenvalue weighted by Gasteiger charge is -2.09. The molecule has 0 unspecified atom stereocenters. The van der Waals surface area contributed by atoms with E-state index in [0.717, 1.165) is 33.0 Å². The van der Waals surface area contributed by atoms with Crippen LogP contribution < -0.4 is 5.32 Å². The molecule has 0 aliphatic heterocycles. The first-order valence-electron chi connectivity index (χ1n) is 8.64. The summed E-state index contributed by atoms with van der Waals surface area (Å²) in [7, 11) is 0. The van der Waals surface area contributed by atoms with Gasteiger partial charge in [-0.1, -0.05) is 44.2 Å². The smallest absolute Gasteiger partial charge is 0.144 e. The van der Waals surface area contributed by atoms with E-state index in [9.17, 15) is 0 Å². The molecule has 0 spiro atoms. The largest absolute Gasteiger partial charge is 0.324 e. The van der Waals surface area contributed by atoms with Crippen molar-refractivity contribution in [2.75, 3.05) is 5.32 Å². The van der Waals surface area contributed by atoms with Gasteiger partial charge in [-0.25, -0.2) is 15.0 Å². The number of aromatic nitrogens is 3. The Morgan fingerprint density at radius 3 is 2.46 bits per heavy atom. The molecule has 1 N–H and O–H groups in total. The Bertz CT molecular complexity index is 1030. The van der Waals surface area contributed by atoms with Gasteiger partial charge in [0, 0.05) is 17.1 Å².